The van der Waals surface area contributed by atoms with Gasteiger partial charge in [-0.2, -0.15) is 4.98 Å². The molecular weight excluding hydrogens is 350 g/mol. The zero-order valence-corrected chi connectivity index (χ0v) is 16.3. The molecule has 6 nitrogen and oxygen atoms in total. The third-order valence-corrected chi connectivity index (χ3v) is 5.07. The van der Waals surface area contributed by atoms with E-state index in [-0.39, 0.29) is 0 Å². The van der Waals surface area contributed by atoms with Crippen LogP contribution in [0.3, 0.4) is 0 Å². The minimum Gasteiger partial charge on any atom is -0.497 e. The number of aromatic nitrogens is 2. The smallest absolute Gasteiger partial charge is 0.227 e. The van der Waals surface area contributed by atoms with Crippen molar-refractivity contribution < 1.29 is 4.74 Å². The zero-order valence-electron chi connectivity index (χ0n) is 16.3. The number of fused-ring (bicyclic) bond motifs is 1. The number of benzene rings is 2. The van der Waals surface area contributed by atoms with Crippen molar-refractivity contribution in [3.8, 4) is 5.75 Å². The summed E-state index contributed by atoms with van der Waals surface area (Å²) in [4.78, 5) is 11.9. The van der Waals surface area contributed by atoms with Gasteiger partial charge < -0.3 is 20.3 Å². The molecule has 2 heterocycles. The molecule has 1 aliphatic heterocycles. The highest BCUT2D eigenvalue weighted by Gasteiger charge is 2.16. The summed E-state index contributed by atoms with van der Waals surface area (Å²) in [6.45, 7) is 4.64. The normalized spacial score (nSPS) is 14.2. The summed E-state index contributed by atoms with van der Waals surface area (Å²) >= 11 is 0. The standard InChI is InChI=1S/C22H27N5O/c1-28-18-9-10-20-19(16-18)21(24-11-5-8-17-6-3-2-4-7-17)26-22(25-20)27-14-12-23-13-15-27/h2-4,6-7,9-10,16,23H,5,8,11-15H2,1H3,(H,24,25,26). The van der Waals surface area contributed by atoms with Crippen molar-refractivity contribution in [1.82, 2.24) is 15.3 Å². The second-order valence-corrected chi connectivity index (χ2v) is 7.01. The number of rotatable bonds is 7. The summed E-state index contributed by atoms with van der Waals surface area (Å²) in [5.41, 5.74) is 2.30. The summed E-state index contributed by atoms with van der Waals surface area (Å²) in [7, 11) is 1.68. The molecule has 0 radical (unpaired) electrons. The Balaban J connectivity index is 1.54. The van der Waals surface area contributed by atoms with Gasteiger partial charge in [-0.25, -0.2) is 4.98 Å². The molecule has 0 aliphatic carbocycles. The Bertz CT molecular complexity index is 909. The first-order valence-electron chi connectivity index (χ1n) is 9.93. The highest BCUT2D eigenvalue weighted by Crippen LogP contribution is 2.27. The number of piperazine rings is 1. The summed E-state index contributed by atoms with van der Waals surface area (Å²) in [5, 5.41) is 7.92. The van der Waals surface area contributed by atoms with Gasteiger partial charge in [0.05, 0.1) is 12.6 Å². The molecule has 0 bridgehead atoms. The molecule has 3 aromatic rings. The molecule has 2 aromatic carbocycles. The Morgan fingerprint density at radius 2 is 1.89 bits per heavy atom. The second-order valence-electron chi connectivity index (χ2n) is 7.01. The zero-order chi connectivity index (χ0) is 19.2. The molecule has 0 atom stereocenters. The van der Waals surface area contributed by atoms with Crippen molar-refractivity contribution in [2.75, 3.05) is 50.1 Å². The molecular formula is C22H27N5O. The summed E-state index contributed by atoms with van der Waals surface area (Å²) in [6, 6.07) is 16.6. The fourth-order valence-corrected chi connectivity index (χ4v) is 3.51. The van der Waals surface area contributed by atoms with E-state index in [1.54, 1.807) is 7.11 Å². The minimum atomic E-state index is 0.796. The lowest BCUT2D eigenvalue weighted by atomic mass is 10.1. The topological polar surface area (TPSA) is 62.3 Å². The molecule has 1 aliphatic rings. The van der Waals surface area contributed by atoms with Crippen LogP contribution in [0.25, 0.3) is 10.9 Å². The second kappa shape index (κ2) is 8.89. The van der Waals surface area contributed by atoms with Crippen LogP contribution in [-0.4, -0.2) is 49.8 Å². The minimum absolute atomic E-state index is 0.796. The van der Waals surface area contributed by atoms with E-state index in [1.165, 1.54) is 5.56 Å². The van der Waals surface area contributed by atoms with E-state index in [0.29, 0.717) is 0 Å². The predicted molar refractivity (Wildman–Crippen MR) is 114 cm³/mol. The largest absolute Gasteiger partial charge is 0.497 e. The third-order valence-electron chi connectivity index (χ3n) is 5.07. The SMILES string of the molecule is COc1ccc2nc(N3CCNCC3)nc(NCCCc3ccccc3)c2c1. The maximum absolute atomic E-state index is 5.41. The molecule has 28 heavy (non-hydrogen) atoms. The Morgan fingerprint density at radius 1 is 1.07 bits per heavy atom. The molecule has 0 unspecified atom stereocenters. The monoisotopic (exact) mass is 377 g/mol. The average Bonchev–Trinajstić information content (AvgIpc) is 2.77. The Kier molecular flexibility index (Phi) is 5.87. The Labute approximate surface area is 165 Å². The first kappa shape index (κ1) is 18.5. The lowest BCUT2D eigenvalue weighted by Gasteiger charge is -2.28. The number of nitrogens with zero attached hydrogens (tertiary/aromatic N) is 3. The fraction of sp³-hybridized carbons (Fsp3) is 0.364. The van der Waals surface area contributed by atoms with Crippen molar-refractivity contribution in [1.29, 1.82) is 0 Å². The van der Waals surface area contributed by atoms with Gasteiger partial charge in [-0.3, -0.25) is 0 Å². The lowest BCUT2D eigenvalue weighted by molar-refractivity contribution is 0.415. The predicted octanol–water partition coefficient (Wildman–Crippen LogP) is 3.09. The molecule has 2 N–H and O–H groups in total. The molecule has 0 saturated carbocycles. The van der Waals surface area contributed by atoms with E-state index in [9.17, 15) is 0 Å². The Hall–Kier alpha value is -2.86. The maximum Gasteiger partial charge on any atom is 0.227 e. The number of aryl methyl sites for hydroxylation is 1. The molecule has 1 saturated heterocycles. The van der Waals surface area contributed by atoms with E-state index < -0.39 is 0 Å². The maximum atomic E-state index is 5.41. The number of hydrogen-bond acceptors (Lipinski definition) is 6. The van der Waals surface area contributed by atoms with Crippen LogP contribution in [0.4, 0.5) is 11.8 Å². The van der Waals surface area contributed by atoms with Crippen LogP contribution < -0.4 is 20.3 Å². The van der Waals surface area contributed by atoms with Crippen LogP contribution in [0.15, 0.2) is 48.5 Å². The molecule has 6 heteroatoms. The van der Waals surface area contributed by atoms with Gasteiger partial charge in [0.15, 0.2) is 0 Å². The summed E-state index contributed by atoms with van der Waals surface area (Å²) in [5.74, 6) is 2.49. The van der Waals surface area contributed by atoms with Crippen LogP contribution in [0.5, 0.6) is 5.75 Å². The Morgan fingerprint density at radius 3 is 2.68 bits per heavy atom. The molecule has 0 spiro atoms. The molecule has 4 rings (SSSR count). The van der Waals surface area contributed by atoms with Crippen molar-refractivity contribution in [3.63, 3.8) is 0 Å². The van der Waals surface area contributed by atoms with Gasteiger partial charge in [0.2, 0.25) is 5.95 Å². The van der Waals surface area contributed by atoms with Gasteiger partial charge in [-0.15, -0.1) is 0 Å². The quantitative estimate of drug-likeness (QED) is 0.617. The molecule has 1 fully saturated rings. The number of ether oxygens (including phenoxy) is 1. The average molecular weight is 377 g/mol. The van der Waals surface area contributed by atoms with Gasteiger partial charge in [0, 0.05) is 38.1 Å². The van der Waals surface area contributed by atoms with Crippen molar-refractivity contribution in [2.45, 2.75) is 12.8 Å². The van der Waals surface area contributed by atoms with Crippen LogP contribution in [0.2, 0.25) is 0 Å². The lowest BCUT2D eigenvalue weighted by Crippen LogP contribution is -2.44. The van der Waals surface area contributed by atoms with Gasteiger partial charge in [-0.05, 0) is 36.6 Å². The van der Waals surface area contributed by atoms with Crippen LogP contribution in [-0.2, 0) is 6.42 Å². The van der Waals surface area contributed by atoms with E-state index in [4.69, 9.17) is 14.7 Å². The van der Waals surface area contributed by atoms with Crippen LogP contribution in [0.1, 0.15) is 12.0 Å². The van der Waals surface area contributed by atoms with Crippen molar-refractivity contribution >= 4 is 22.7 Å². The van der Waals surface area contributed by atoms with Crippen molar-refractivity contribution in [3.05, 3.63) is 54.1 Å². The van der Waals surface area contributed by atoms with Gasteiger partial charge in [0.1, 0.15) is 11.6 Å². The number of nitrogens with one attached hydrogen (secondary N) is 2. The first-order valence-corrected chi connectivity index (χ1v) is 9.93. The van der Waals surface area contributed by atoms with E-state index in [1.807, 2.05) is 18.2 Å². The summed E-state index contributed by atoms with van der Waals surface area (Å²) < 4.78 is 5.41. The number of hydrogen-bond donors (Lipinski definition) is 2. The first-order chi connectivity index (χ1) is 13.8. The third kappa shape index (κ3) is 4.34. The fourth-order valence-electron chi connectivity index (χ4n) is 3.51. The van der Waals surface area contributed by atoms with Gasteiger partial charge in [-0.1, -0.05) is 30.3 Å². The van der Waals surface area contributed by atoms with Gasteiger partial charge in [0.25, 0.3) is 0 Å². The van der Waals surface area contributed by atoms with Gasteiger partial charge >= 0.3 is 0 Å². The van der Waals surface area contributed by atoms with Crippen LogP contribution >= 0.6 is 0 Å². The van der Waals surface area contributed by atoms with E-state index >= 15 is 0 Å². The summed E-state index contributed by atoms with van der Waals surface area (Å²) in [6.07, 6.45) is 2.09. The number of methoxy groups -OCH3 is 1. The number of anilines is 2. The van der Waals surface area contributed by atoms with E-state index in [2.05, 4.69) is 45.9 Å². The molecule has 146 valence electrons. The molecule has 0 amide bonds. The van der Waals surface area contributed by atoms with E-state index in [0.717, 1.165) is 74.0 Å². The highest BCUT2D eigenvalue weighted by atomic mass is 16.5. The van der Waals surface area contributed by atoms with Crippen LogP contribution in [0, 0.1) is 0 Å². The molecule has 1 aromatic heterocycles. The van der Waals surface area contributed by atoms with Crippen molar-refractivity contribution in [2.24, 2.45) is 0 Å². The highest BCUT2D eigenvalue weighted by molar-refractivity contribution is 5.91.